The molecule has 1 aromatic rings. The fourth-order valence-electron chi connectivity index (χ4n) is 1.51. The van der Waals surface area contributed by atoms with Crippen molar-refractivity contribution < 1.29 is 0 Å². The zero-order valence-electron chi connectivity index (χ0n) is 8.54. The minimum Gasteiger partial charge on any atom is -0.368 e. The van der Waals surface area contributed by atoms with Crippen LogP contribution in [-0.4, -0.2) is 20.5 Å². The fraction of sp³-hybridized carbons (Fsp3) is 0.667. The quantitative estimate of drug-likeness (QED) is 0.752. The smallest absolute Gasteiger partial charge is 0.228 e. The monoisotopic (exact) mass is 193 g/mol. The first-order valence-electron chi connectivity index (χ1n) is 4.90. The molecule has 0 bridgehead atoms. The average Bonchev–Trinajstić information content (AvgIpc) is 2.83. The summed E-state index contributed by atoms with van der Waals surface area (Å²) < 4.78 is 0. The largest absolute Gasteiger partial charge is 0.368 e. The number of nitrogens with zero attached hydrogens (tertiary/aromatic N) is 3. The van der Waals surface area contributed by atoms with Crippen molar-refractivity contribution in [2.24, 2.45) is 0 Å². The zero-order chi connectivity index (χ0) is 10.2. The topological polar surface area (TPSA) is 76.7 Å². The summed E-state index contributed by atoms with van der Waals surface area (Å²) >= 11 is 0. The van der Waals surface area contributed by atoms with Gasteiger partial charge in [-0.15, -0.1) is 0 Å². The first-order chi connectivity index (χ1) is 6.63. The highest BCUT2D eigenvalue weighted by molar-refractivity contribution is 5.36. The molecule has 0 aromatic carbocycles. The maximum atomic E-state index is 5.54. The molecule has 14 heavy (non-hydrogen) atoms. The van der Waals surface area contributed by atoms with Crippen LogP contribution < -0.4 is 11.1 Å². The van der Waals surface area contributed by atoms with Crippen LogP contribution in [0.1, 0.15) is 32.0 Å². The van der Waals surface area contributed by atoms with Gasteiger partial charge in [0.25, 0.3) is 0 Å². The highest BCUT2D eigenvalue weighted by atomic mass is 15.2. The van der Waals surface area contributed by atoms with Gasteiger partial charge < -0.3 is 11.1 Å². The van der Waals surface area contributed by atoms with E-state index in [2.05, 4.69) is 27.2 Å². The number of nitrogen functional groups attached to an aromatic ring is 1. The van der Waals surface area contributed by atoms with E-state index in [0.29, 0.717) is 11.8 Å². The number of hydrogen-bond acceptors (Lipinski definition) is 5. The van der Waals surface area contributed by atoms with E-state index in [1.54, 1.807) is 0 Å². The maximum absolute atomic E-state index is 5.54. The molecule has 1 heterocycles. The Hall–Kier alpha value is -1.39. The molecule has 1 saturated carbocycles. The number of rotatable bonds is 3. The molecule has 0 saturated heterocycles. The number of aromatic nitrogens is 3. The predicted octanol–water partition coefficient (Wildman–Crippen LogP) is 1.12. The van der Waals surface area contributed by atoms with E-state index in [4.69, 9.17) is 5.73 Å². The van der Waals surface area contributed by atoms with E-state index in [-0.39, 0.29) is 11.5 Å². The van der Waals surface area contributed by atoms with Crippen molar-refractivity contribution in [2.45, 2.75) is 38.6 Å². The van der Waals surface area contributed by atoms with Gasteiger partial charge in [-0.25, -0.2) is 0 Å². The first kappa shape index (κ1) is 9.18. The van der Waals surface area contributed by atoms with Crippen LogP contribution in [-0.2, 0) is 0 Å². The third kappa shape index (κ3) is 1.76. The first-order valence-corrected chi connectivity index (χ1v) is 4.90. The fourth-order valence-corrected chi connectivity index (χ4v) is 1.51. The summed E-state index contributed by atoms with van der Waals surface area (Å²) in [7, 11) is 0. The minimum atomic E-state index is 0.222. The van der Waals surface area contributed by atoms with Crippen LogP contribution in [0.4, 0.5) is 11.9 Å². The molecular weight excluding hydrogens is 178 g/mol. The molecule has 1 aromatic heterocycles. The molecule has 3 N–H and O–H groups in total. The molecule has 1 fully saturated rings. The summed E-state index contributed by atoms with van der Waals surface area (Å²) in [6.07, 6.45) is 3.47. The average molecular weight is 193 g/mol. The van der Waals surface area contributed by atoms with Gasteiger partial charge in [0.05, 0.1) is 0 Å². The molecule has 0 atom stereocenters. The predicted molar refractivity (Wildman–Crippen MR) is 54.9 cm³/mol. The van der Waals surface area contributed by atoms with Gasteiger partial charge in [0.15, 0.2) is 0 Å². The normalized spacial score (nSPS) is 17.9. The SMILES string of the molecule is CCC1(Nc2nc(C)nc(N)n2)CC1. The van der Waals surface area contributed by atoms with Gasteiger partial charge >= 0.3 is 0 Å². The van der Waals surface area contributed by atoms with Gasteiger partial charge in [0.2, 0.25) is 11.9 Å². The number of aryl methyl sites for hydroxylation is 1. The lowest BCUT2D eigenvalue weighted by molar-refractivity contribution is 0.690. The van der Waals surface area contributed by atoms with Gasteiger partial charge in [-0.3, -0.25) is 0 Å². The molecule has 0 spiro atoms. The number of anilines is 2. The Morgan fingerprint density at radius 1 is 1.36 bits per heavy atom. The van der Waals surface area contributed by atoms with Crippen LogP contribution in [0.25, 0.3) is 0 Å². The van der Waals surface area contributed by atoms with Crippen LogP contribution in [0, 0.1) is 6.92 Å². The Morgan fingerprint density at radius 3 is 2.57 bits per heavy atom. The second-order valence-electron chi connectivity index (χ2n) is 3.82. The van der Waals surface area contributed by atoms with Crippen molar-refractivity contribution in [3.63, 3.8) is 0 Å². The molecule has 0 radical (unpaired) electrons. The van der Waals surface area contributed by atoms with Gasteiger partial charge in [-0.2, -0.15) is 15.0 Å². The van der Waals surface area contributed by atoms with Gasteiger partial charge in [-0.05, 0) is 26.2 Å². The highest BCUT2D eigenvalue weighted by Gasteiger charge is 2.41. The van der Waals surface area contributed by atoms with Crippen LogP contribution in [0.15, 0.2) is 0 Å². The van der Waals surface area contributed by atoms with Gasteiger partial charge in [-0.1, -0.05) is 6.92 Å². The molecule has 1 aliphatic carbocycles. The summed E-state index contributed by atoms with van der Waals surface area (Å²) in [5.41, 5.74) is 5.76. The Bertz CT molecular complexity index is 325. The lowest BCUT2D eigenvalue weighted by Gasteiger charge is -2.14. The molecule has 0 unspecified atom stereocenters. The lowest BCUT2D eigenvalue weighted by Crippen LogP contribution is -2.22. The summed E-state index contributed by atoms with van der Waals surface area (Å²) in [5.74, 6) is 1.55. The molecule has 5 nitrogen and oxygen atoms in total. The Morgan fingerprint density at radius 2 is 2.07 bits per heavy atom. The van der Waals surface area contributed by atoms with Crippen molar-refractivity contribution >= 4 is 11.9 Å². The van der Waals surface area contributed by atoms with E-state index < -0.39 is 0 Å². The number of hydrogen-bond donors (Lipinski definition) is 2. The molecule has 2 rings (SSSR count). The van der Waals surface area contributed by atoms with E-state index in [0.717, 1.165) is 6.42 Å². The lowest BCUT2D eigenvalue weighted by atomic mass is 10.2. The van der Waals surface area contributed by atoms with Crippen LogP contribution in [0.5, 0.6) is 0 Å². The van der Waals surface area contributed by atoms with Crippen molar-refractivity contribution in [3.8, 4) is 0 Å². The standard InChI is InChI=1S/C9H15N5/c1-3-9(4-5-9)14-8-12-6(2)11-7(10)13-8/h3-5H2,1-2H3,(H3,10,11,12,13,14). The highest BCUT2D eigenvalue weighted by Crippen LogP contribution is 2.40. The number of nitrogens with two attached hydrogens (primary N) is 1. The second kappa shape index (κ2) is 3.08. The zero-order valence-corrected chi connectivity index (χ0v) is 8.54. The maximum Gasteiger partial charge on any atom is 0.228 e. The molecule has 5 heteroatoms. The molecule has 0 aliphatic heterocycles. The Kier molecular flexibility index (Phi) is 2.02. The van der Waals surface area contributed by atoms with Crippen LogP contribution >= 0.6 is 0 Å². The third-order valence-electron chi connectivity index (χ3n) is 2.67. The Labute approximate surface area is 83.2 Å². The molecular formula is C9H15N5. The third-order valence-corrected chi connectivity index (χ3v) is 2.67. The van der Waals surface area contributed by atoms with E-state index in [1.807, 2.05) is 6.92 Å². The van der Waals surface area contributed by atoms with E-state index in [1.165, 1.54) is 12.8 Å². The Balaban J connectivity index is 2.16. The second-order valence-corrected chi connectivity index (χ2v) is 3.82. The van der Waals surface area contributed by atoms with Crippen LogP contribution in [0.2, 0.25) is 0 Å². The molecule has 1 aliphatic rings. The summed E-state index contributed by atoms with van der Waals surface area (Å²) in [6.45, 7) is 3.98. The van der Waals surface area contributed by atoms with E-state index >= 15 is 0 Å². The molecule has 76 valence electrons. The number of nitrogens with one attached hydrogen (secondary N) is 1. The van der Waals surface area contributed by atoms with Crippen molar-refractivity contribution in [1.82, 2.24) is 15.0 Å². The summed E-state index contributed by atoms with van der Waals surface area (Å²) in [5, 5.41) is 3.32. The summed E-state index contributed by atoms with van der Waals surface area (Å²) in [6, 6.07) is 0. The van der Waals surface area contributed by atoms with E-state index in [9.17, 15) is 0 Å². The van der Waals surface area contributed by atoms with Crippen molar-refractivity contribution in [1.29, 1.82) is 0 Å². The minimum absolute atomic E-state index is 0.222. The summed E-state index contributed by atoms with van der Waals surface area (Å²) in [4.78, 5) is 12.2. The van der Waals surface area contributed by atoms with Crippen LogP contribution in [0.3, 0.4) is 0 Å². The van der Waals surface area contributed by atoms with Gasteiger partial charge in [0.1, 0.15) is 5.82 Å². The van der Waals surface area contributed by atoms with Crippen molar-refractivity contribution in [2.75, 3.05) is 11.1 Å². The molecule has 0 amide bonds. The van der Waals surface area contributed by atoms with Gasteiger partial charge in [0, 0.05) is 5.54 Å². The van der Waals surface area contributed by atoms with Crippen molar-refractivity contribution in [3.05, 3.63) is 5.82 Å².